The molecular weight excluding hydrogens is 464 g/mol. The lowest BCUT2D eigenvalue weighted by molar-refractivity contribution is -0.118. The van der Waals surface area contributed by atoms with Gasteiger partial charge in [-0.25, -0.2) is 4.79 Å². The van der Waals surface area contributed by atoms with Crippen LogP contribution in [0.3, 0.4) is 0 Å². The zero-order valence-electron chi connectivity index (χ0n) is 19.2. The molecule has 0 fully saturated rings. The number of nitrogens with one attached hydrogen (secondary N) is 3. The summed E-state index contributed by atoms with van der Waals surface area (Å²) in [5.74, 6) is -0.244. The van der Waals surface area contributed by atoms with Gasteiger partial charge in [0.25, 0.3) is 5.56 Å². The van der Waals surface area contributed by atoms with Gasteiger partial charge in [0.2, 0.25) is 0 Å². The van der Waals surface area contributed by atoms with Crippen LogP contribution in [0.1, 0.15) is 43.7 Å². The minimum Gasteiger partial charge on any atom is -0.361 e. The molecule has 2 aromatic carbocycles. The first-order valence-corrected chi connectivity index (χ1v) is 11.9. The molecule has 176 valence electrons. The van der Waals surface area contributed by atoms with Crippen LogP contribution in [0.2, 0.25) is 5.02 Å². The number of ketones is 1. The number of H-pyrrole nitrogens is 3. The maximum atomic E-state index is 13.8. The van der Waals surface area contributed by atoms with Crippen LogP contribution in [0, 0.1) is 5.41 Å². The van der Waals surface area contributed by atoms with Crippen LogP contribution in [0.4, 0.5) is 11.5 Å². The number of aromatic amines is 3. The molecule has 1 atom stereocenters. The van der Waals surface area contributed by atoms with Crippen LogP contribution in [-0.4, -0.2) is 20.7 Å². The Bertz CT molecular complexity index is 1660. The third kappa shape index (κ3) is 3.38. The second-order valence-corrected chi connectivity index (χ2v) is 10.4. The number of fused-ring (bicyclic) bond motifs is 2. The summed E-state index contributed by atoms with van der Waals surface area (Å²) in [5.41, 5.74) is 2.78. The Hall–Kier alpha value is -3.84. The first kappa shape index (κ1) is 21.7. The highest BCUT2D eigenvalue weighted by Crippen LogP contribution is 2.52. The topological polar surface area (TPSA) is 102 Å². The molecule has 7 nitrogen and oxygen atoms in total. The van der Waals surface area contributed by atoms with E-state index in [9.17, 15) is 14.4 Å². The van der Waals surface area contributed by atoms with E-state index < -0.39 is 17.2 Å². The first-order chi connectivity index (χ1) is 16.7. The monoisotopic (exact) mass is 486 g/mol. The molecule has 0 spiro atoms. The number of carbonyl (C=O) groups is 1. The van der Waals surface area contributed by atoms with E-state index in [1.165, 1.54) is 0 Å². The second kappa shape index (κ2) is 7.58. The van der Waals surface area contributed by atoms with E-state index in [4.69, 9.17) is 11.6 Å². The van der Waals surface area contributed by atoms with Crippen molar-refractivity contribution in [2.24, 2.45) is 5.41 Å². The van der Waals surface area contributed by atoms with Crippen molar-refractivity contribution in [3.8, 4) is 0 Å². The molecule has 2 aromatic heterocycles. The summed E-state index contributed by atoms with van der Waals surface area (Å²) in [6.45, 7) is 4.12. The SMILES string of the molecule is CC1(C)CC(=O)C2=C(C1)N(c1ccc(Cl)cc1)c1[nH]c(=O)[nH]c(=O)c1C2c1c[nH]c2ccccc12. The van der Waals surface area contributed by atoms with Crippen molar-refractivity contribution < 1.29 is 4.79 Å². The van der Waals surface area contributed by atoms with Crippen molar-refractivity contribution in [3.63, 3.8) is 0 Å². The molecule has 0 amide bonds. The molecular formula is C27H23ClN4O3. The van der Waals surface area contributed by atoms with Gasteiger partial charge in [-0.3, -0.25) is 24.5 Å². The van der Waals surface area contributed by atoms with Crippen LogP contribution >= 0.6 is 11.6 Å². The van der Waals surface area contributed by atoms with Crippen LogP contribution in [0.25, 0.3) is 10.9 Å². The minimum atomic E-state index is -0.621. The number of anilines is 2. The van der Waals surface area contributed by atoms with Crippen molar-refractivity contribution in [1.29, 1.82) is 0 Å². The Morgan fingerprint density at radius 2 is 1.71 bits per heavy atom. The highest BCUT2D eigenvalue weighted by molar-refractivity contribution is 6.30. The van der Waals surface area contributed by atoms with Crippen molar-refractivity contribution in [1.82, 2.24) is 15.0 Å². The van der Waals surface area contributed by atoms with E-state index in [0.717, 1.165) is 22.2 Å². The Kier molecular flexibility index (Phi) is 4.70. The molecule has 2 aliphatic rings. The summed E-state index contributed by atoms with van der Waals surface area (Å²) in [4.78, 5) is 50.1. The molecule has 0 saturated heterocycles. The van der Waals surface area contributed by atoms with Gasteiger partial charge >= 0.3 is 5.69 Å². The van der Waals surface area contributed by atoms with E-state index in [2.05, 4.69) is 28.8 Å². The average Bonchev–Trinajstić information content (AvgIpc) is 3.21. The normalized spacial score (nSPS) is 19.1. The number of rotatable bonds is 2. The highest BCUT2D eigenvalue weighted by Gasteiger charge is 2.46. The van der Waals surface area contributed by atoms with E-state index in [-0.39, 0.29) is 11.2 Å². The molecule has 1 aliphatic heterocycles. The van der Waals surface area contributed by atoms with Crippen molar-refractivity contribution >= 4 is 39.8 Å². The van der Waals surface area contributed by atoms with Gasteiger partial charge in [0.1, 0.15) is 5.82 Å². The number of benzene rings is 2. The Morgan fingerprint density at radius 3 is 2.49 bits per heavy atom. The quantitative estimate of drug-likeness (QED) is 0.365. The number of carbonyl (C=O) groups excluding carboxylic acids is 1. The lowest BCUT2D eigenvalue weighted by atomic mass is 9.68. The molecule has 0 radical (unpaired) electrons. The summed E-state index contributed by atoms with van der Waals surface area (Å²) in [5, 5.41) is 1.50. The minimum absolute atomic E-state index is 0.00162. The van der Waals surface area contributed by atoms with E-state index in [1.54, 1.807) is 12.1 Å². The van der Waals surface area contributed by atoms with Crippen molar-refractivity contribution in [2.75, 3.05) is 4.90 Å². The number of Topliss-reactive ketones (excluding diaryl/α,β-unsaturated/α-hetero) is 1. The summed E-state index contributed by atoms with van der Waals surface area (Å²) >= 11 is 6.15. The van der Waals surface area contributed by atoms with Gasteiger partial charge in [0.05, 0.1) is 11.5 Å². The average molecular weight is 487 g/mol. The maximum Gasteiger partial charge on any atom is 0.327 e. The number of allylic oxidation sites excluding steroid dienone is 2. The van der Waals surface area contributed by atoms with Crippen LogP contribution in [0.15, 0.2) is 75.6 Å². The predicted octanol–water partition coefficient (Wildman–Crippen LogP) is 5.12. The molecule has 3 heterocycles. The number of nitrogens with zero attached hydrogens (tertiary/aromatic N) is 1. The second-order valence-electron chi connectivity index (χ2n) is 10.0. The van der Waals surface area contributed by atoms with E-state index >= 15 is 0 Å². The third-order valence-electron chi connectivity index (χ3n) is 6.94. The number of halogens is 1. The van der Waals surface area contributed by atoms with Gasteiger partial charge < -0.3 is 4.98 Å². The van der Waals surface area contributed by atoms with Crippen molar-refractivity contribution in [3.05, 3.63) is 103 Å². The summed E-state index contributed by atoms with van der Waals surface area (Å²) in [7, 11) is 0. The Labute approximate surface area is 205 Å². The molecule has 1 aliphatic carbocycles. The van der Waals surface area contributed by atoms with Gasteiger partial charge in [-0.2, -0.15) is 0 Å². The summed E-state index contributed by atoms with van der Waals surface area (Å²) in [6, 6.07) is 15.0. The lowest BCUT2D eigenvalue weighted by Crippen LogP contribution is -2.42. The Balaban J connectivity index is 1.73. The van der Waals surface area contributed by atoms with Gasteiger partial charge in [0, 0.05) is 45.5 Å². The third-order valence-corrected chi connectivity index (χ3v) is 7.20. The number of hydrogen-bond acceptors (Lipinski definition) is 4. The van der Waals surface area contributed by atoms with Crippen molar-refractivity contribution in [2.45, 2.75) is 32.6 Å². The summed E-state index contributed by atoms with van der Waals surface area (Å²) < 4.78 is 0. The standard InChI is InChI=1S/C27H23ClN4O3/c1-27(2)11-19-22(20(33)12-27)21(17-13-29-18-6-4-3-5-16(17)18)23-24(30-26(35)31-25(23)34)32(19)15-9-7-14(28)8-10-15/h3-10,13,21,29H,11-12H2,1-2H3,(H2,30,31,34,35). The maximum absolute atomic E-state index is 13.8. The highest BCUT2D eigenvalue weighted by atomic mass is 35.5. The molecule has 1 unspecified atom stereocenters. The largest absolute Gasteiger partial charge is 0.361 e. The molecule has 3 N–H and O–H groups in total. The van der Waals surface area contributed by atoms with Gasteiger partial charge in [-0.15, -0.1) is 0 Å². The fourth-order valence-electron chi connectivity index (χ4n) is 5.56. The smallest absolute Gasteiger partial charge is 0.327 e. The zero-order chi connectivity index (χ0) is 24.5. The molecule has 0 bridgehead atoms. The number of aromatic nitrogens is 3. The number of para-hydroxylation sites is 1. The number of hydrogen-bond donors (Lipinski definition) is 3. The fraction of sp³-hybridized carbons (Fsp3) is 0.222. The predicted molar refractivity (Wildman–Crippen MR) is 136 cm³/mol. The molecule has 8 heteroatoms. The van der Waals surface area contributed by atoms with Crippen LogP contribution in [-0.2, 0) is 4.79 Å². The molecule has 4 aromatic rings. The van der Waals surface area contributed by atoms with Gasteiger partial charge in [-0.05, 0) is 47.7 Å². The Morgan fingerprint density at radius 1 is 0.971 bits per heavy atom. The molecule has 35 heavy (non-hydrogen) atoms. The van der Waals surface area contributed by atoms with E-state index in [0.29, 0.717) is 40.5 Å². The lowest BCUT2D eigenvalue weighted by Gasteiger charge is -2.43. The summed E-state index contributed by atoms with van der Waals surface area (Å²) in [6.07, 6.45) is 2.83. The zero-order valence-corrected chi connectivity index (χ0v) is 20.0. The molecule has 6 rings (SSSR count). The first-order valence-electron chi connectivity index (χ1n) is 11.5. The fourth-order valence-corrected chi connectivity index (χ4v) is 5.68. The van der Waals surface area contributed by atoms with Gasteiger partial charge in [-0.1, -0.05) is 43.6 Å². The molecule has 0 saturated carbocycles. The van der Waals surface area contributed by atoms with E-state index in [1.807, 2.05) is 47.5 Å². The van der Waals surface area contributed by atoms with Crippen LogP contribution in [0.5, 0.6) is 0 Å². The van der Waals surface area contributed by atoms with Crippen LogP contribution < -0.4 is 16.1 Å². The van der Waals surface area contributed by atoms with Gasteiger partial charge in [0.15, 0.2) is 5.78 Å².